The van der Waals surface area contributed by atoms with E-state index in [4.69, 9.17) is 11.6 Å². The molecule has 17 heavy (non-hydrogen) atoms. The largest absolute Gasteiger partial charge is 0.317 e. The number of benzene rings is 1. The molecule has 2 atom stereocenters. The van der Waals surface area contributed by atoms with Crippen molar-refractivity contribution in [3.63, 3.8) is 0 Å². The summed E-state index contributed by atoms with van der Waals surface area (Å²) in [7, 11) is 0. The van der Waals surface area contributed by atoms with E-state index in [1.54, 1.807) is 0 Å². The van der Waals surface area contributed by atoms with E-state index < -0.39 is 0 Å². The van der Waals surface area contributed by atoms with Gasteiger partial charge in [-0.25, -0.2) is 0 Å². The molecule has 0 aromatic heterocycles. The van der Waals surface area contributed by atoms with E-state index in [9.17, 15) is 0 Å². The highest BCUT2D eigenvalue weighted by atomic mass is 35.5. The second kappa shape index (κ2) is 6.39. The van der Waals surface area contributed by atoms with E-state index in [0.29, 0.717) is 12.1 Å². The van der Waals surface area contributed by atoms with E-state index >= 15 is 0 Å². The van der Waals surface area contributed by atoms with Gasteiger partial charge in [-0.2, -0.15) is 0 Å². The Morgan fingerprint density at radius 3 is 3.06 bits per heavy atom. The Balaban J connectivity index is 1.93. The van der Waals surface area contributed by atoms with Gasteiger partial charge in [0.1, 0.15) is 0 Å². The van der Waals surface area contributed by atoms with Crippen LogP contribution in [-0.2, 0) is 0 Å². The molecule has 0 aliphatic carbocycles. The second-order valence-electron chi connectivity index (χ2n) is 4.82. The zero-order valence-electron chi connectivity index (χ0n) is 10.4. The van der Waals surface area contributed by atoms with Crippen LogP contribution in [0.5, 0.6) is 0 Å². The molecule has 2 N–H and O–H groups in total. The van der Waals surface area contributed by atoms with Crippen molar-refractivity contribution in [2.75, 3.05) is 13.1 Å². The molecule has 2 rings (SSSR count). The topological polar surface area (TPSA) is 24.1 Å². The lowest BCUT2D eigenvalue weighted by Gasteiger charge is -2.22. The third-order valence-corrected chi connectivity index (χ3v) is 3.65. The van der Waals surface area contributed by atoms with Crippen molar-refractivity contribution in [1.82, 2.24) is 10.6 Å². The molecule has 1 unspecified atom stereocenters. The molecule has 94 valence electrons. The van der Waals surface area contributed by atoms with Crippen LogP contribution in [0.25, 0.3) is 0 Å². The number of nitrogens with one attached hydrogen (secondary N) is 2. The van der Waals surface area contributed by atoms with Gasteiger partial charge >= 0.3 is 0 Å². The minimum absolute atomic E-state index is 0.372. The average molecular weight is 253 g/mol. The zero-order valence-corrected chi connectivity index (χ0v) is 11.1. The van der Waals surface area contributed by atoms with Crippen LogP contribution in [0.2, 0.25) is 5.02 Å². The molecule has 0 bridgehead atoms. The number of hydrogen-bond acceptors (Lipinski definition) is 2. The van der Waals surface area contributed by atoms with Crippen LogP contribution in [0.15, 0.2) is 24.3 Å². The van der Waals surface area contributed by atoms with Crippen molar-refractivity contribution >= 4 is 11.6 Å². The Hall–Kier alpha value is -0.570. The zero-order chi connectivity index (χ0) is 12.1. The van der Waals surface area contributed by atoms with Crippen molar-refractivity contribution in [3.05, 3.63) is 34.9 Å². The highest BCUT2D eigenvalue weighted by molar-refractivity contribution is 6.30. The predicted molar refractivity (Wildman–Crippen MR) is 73.5 cm³/mol. The molecule has 1 aromatic rings. The SMILES string of the molecule is C[C@@H](NC1CCCNCC1)c1cccc(Cl)c1. The fourth-order valence-corrected chi connectivity index (χ4v) is 2.61. The molecule has 0 amide bonds. The maximum Gasteiger partial charge on any atom is 0.0409 e. The summed E-state index contributed by atoms with van der Waals surface area (Å²) in [5.74, 6) is 0. The Morgan fingerprint density at radius 1 is 1.35 bits per heavy atom. The molecule has 1 aromatic carbocycles. The van der Waals surface area contributed by atoms with Crippen molar-refractivity contribution in [2.45, 2.75) is 38.3 Å². The van der Waals surface area contributed by atoms with Gasteiger partial charge in [-0.1, -0.05) is 23.7 Å². The lowest BCUT2D eigenvalue weighted by atomic mass is 10.0. The fraction of sp³-hybridized carbons (Fsp3) is 0.571. The molecule has 1 aliphatic heterocycles. The van der Waals surface area contributed by atoms with Gasteiger partial charge in [0.25, 0.3) is 0 Å². The molecule has 0 spiro atoms. The Labute approximate surface area is 109 Å². The second-order valence-corrected chi connectivity index (χ2v) is 5.26. The first kappa shape index (κ1) is 12.9. The first-order valence-electron chi connectivity index (χ1n) is 6.48. The Morgan fingerprint density at radius 2 is 2.24 bits per heavy atom. The van der Waals surface area contributed by atoms with Gasteiger partial charge in [0.05, 0.1) is 0 Å². The third-order valence-electron chi connectivity index (χ3n) is 3.41. The fourth-order valence-electron chi connectivity index (χ4n) is 2.41. The first-order chi connectivity index (χ1) is 8.25. The molecule has 1 aliphatic rings. The summed E-state index contributed by atoms with van der Waals surface area (Å²) < 4.78 is 0. The van der Waals surface area contributed by atoms with Gasteiger partial charge in [0.2, 0.25) is 0 Å². The van der Waals surface area contributed by atoms with Crippen molar-refractivity contribution < 1.29 is 0 Å². The molecule has 0 radical (unpaired) electrons. The highest BCUT2D eigenvalue weighted by Crippen LogP contribution is 2.19. The minimum atomic E-state index is 0.372. The maximum absolute atomic E-state index is 6.02. The molecule has 1 heterocycles. The van der Waals surface area contributed by atoms with Crippen LogP contribution in [0, 0.1) is 0 Å². The van der Waals surface area contributed by atoms with Crippen LogP contribution in [0.4, 0.5) is 0 Å². The van der Waals surface area contributed by atoms with E-state index in [1.807, 2.05) is 18.2 Å². The summed E-state index contributed by atoms with van der Waals surface area (Å²) in [4.78, 5) is 0. The quantitative estimate of drug-likeness (QED) is 0.864. The standard InChI is InChI=1S/C14H21ClN2/c1-11(12-4-2-5-13(15)10-12)17-14-6-3-8-16-9-7-14/h2,4-5,10-11,14,16-17H,3,6-9H2,1H3/t11-,14?/m1/s1. The Kier molecular flexibility index (Phi) is 4.84. The van der Waals surface area contributed by atoms with Gasteiger partial charge in [-0.05, 0) is 57.0 Å². The Bertz CT molecular complexity index is 346. The highest BCUT2D eigenvalue weighted by Gasteiger charge is 2.15. The summed E-state index contributed by atoms with van der Waals surface area (Å²) in [5.41, 5.74) is 1.27. The molecule has 2 nitrogen and oxygen atoms in total. The smallest absolute Gasteiger partial charge is 0.0409 e. The summed E-state index contributed by atoms with van der Waals surface area (Å²) >= 11 is 6.02. The van der Waals surface area contributed by atoms with Gasteiger partial charge in [0.15, 0.2) is 0 Å². The predicted octanol–water partition coefficient (Wildman–Crippen LogP) is 3.13. The van der Waals surface area contributed by atoms with Gasteiger partial charge < -0.3 is 10.6 Å². The lowest BCUT2D eigenvalue weighted by Crippen LogP contribution is -2.32. The summed E-state index contributed by atoms with van der Waals surface area (Å²) in [6, 6.07) is 9.13. The van der Waals surface area contributed by atoms with Crippen molar-refractivity contribution in [1.29, 1.82) is 0 Å². The molecular formula is C14H21ClN2. The van der Waals surface area contributed by atoms with E-state index in [-0.39, 0.29) is 0 Å². The summed E-state index contributed by atoms with van der Waals surface area (Å²) in [6.45, 7) is 4.49. The van der Waals surface area contributed by atoms with E-state index in [0.717, 1.165) is 18.1 Å². The van der Waals surface area contributed by atoms with Crippen molar-refractivity contribution in [3.8, 4) is 0 Å². The van der Waals surface area contributed by atoms with Gasteiger partial charge in [0, 0.05) is 17.1 Å². The number of rotatable bonds is 3. The molecule has 0 saturated carbocycles. The minimum Gasteiger partial charge on any atom is -0.317 e. The number of halogens is 1. The van der Waals surface area contributed by atoms with Crippen LogP contribution in [0.3, 0.4) is 0 Å². The summed E-state index contributed by atoms with van der Waals surface area (Å²) in [6.07, 6.45) is 3.74. The normalized spacial score (nSPS) is 23.1. The van der Waals surface area contributed by atoms with Crippen LogP contribution < -0.4 is 10.6 Å². The number of hydrogen-bond donors (Lipinski definition) is 2. The third kappa shape index (κ3) is 3.98. The molecule has 1 fully saturated rings. The van der Waals surface area contributed by atoms with Crippen LogP contribution >= 0.6 is 11.6 Å². The average Bonchev–Trinajstić information content (AvgIpc) is 2.57. The van der Waals surface area contributed by atoms with Crippen LogP contribution in [-0.4, -0.2) is 19.1 Å². The first-order valence-corrected chi connectivity index (χ1v) is 6.86. The molecular weight excluding hydrogens is 232 g/mol. The lowest BCUT2D eigenvalue weighted by molar-refractivity contribution is 0.421. The van der Waals surface area contributed by atoms with Crippen molar-refractivity contribution in [2.24, 2.45) is 0 Å². The maximum atomic E-state index is 6.02. The molecule has 3 heteroatoms. The van der Waals surface area contributed by atoms with Gasteiger partial charge in [-0.15, -0.1) is 0 Å². The van der Waals surface area contributed by atoms with Gasteiger partial charge in [-0.3, -0.25) is 0 Å². The van der Waals surface area contributed by atoms with E-state index in [2.05, 4.69) is 23.6 Å². The molecule has 1 saturated heterocycles. The van der Waals surface area contributed by atoms with Crippen LogP contribution in [0.1, 0.15) is 37.8 Å². The monoisotopic (exact) mass is 252 g/mol. The summed E-state index contributed by atoms with van der Waals surface area (Å²) in [5, 5.41) is 7.96. The van der Waals surface area contributed by atoms with E-state index in [1.165, 1.54) is 24.8 Å².